The van der Waals surface area contributed by atoms with Crippen LogP contribution >= 0.6 is 0 Å². The number of ether oxygens (including phenoxy) is 1. The molecular weight excluding hydrogens is 485 g/mol. The Morgan fingerprint density at radius 2 is 1.82 bits per heavy atom. The second kappa shape index (κ2) is 11.5. The number of hydrogen-bond acceptors (Lipinski definition) is 6. The molecule has 4 N–H and O–H groups in total. The Labute approximate surface area is 222 Å². The van der Waals surface area contributed by atoms with Crippen molar-refractivity contribution in [3.63, 3.8) is 0 Å². The lowest BCUT2D eigenvalue weighted by molar-refractivity contribution is 0.0204. The van der Waals surface area contributed by atoms with Gasteiger partial charge in [-0.2, -0.15) is 0 Å². The summed E-state index contributed by atoms with van der Waals surface area (Å²) in [5.74, 6) is -0.0223. The van der Waals surface area contributed by atoms with Crippen molar-refractivity contribution in [3.05, 3.63) is 83.3 Å². The van der Waals surface area contributed by atoms with Crippen LogP contribution in [0.3, 0.4) is 0 Å². The van der Waals surface area contributed by atoms with E-state index in [1.807, 2.05) is 32.9 Å². The summed E-state index contributed by atoms with van der Waals surface area (Å²) in [5.41, 5.74) is 8.58. The average Bonchev–Trinajstić information content (AvgIpc) is 2.87. The van der Waals surface area contributed by atoms with Crippen molar-refractivity contribution in [1.82, 2.24) is 9.88 Å². The van der Waals surface area contributed by atoms with E-state index < -0.39 is 11.5 Å². The summed E-state index contributed by atoms with van der Waals surface area (Å²) in [6.45, 7) is 7.28. The molecule has 0 atom stereocenters. The van der Waals surface area contributed by atoms with E-state index in [1.54, 1.807) is 23.1 Å². The number of likely N-dealkylation sites (tertiary alicyclic amines) is 1. The van der Waals surface area contributed by atoms with Crippen LogP contribution in [0.4, 0.5) is 26.4 Å². The normalized spacial score (nSPS) is 14.2. The van der Waals surface area contributed by atoms with Gasteiger partial charge in [0.2, 0.25) is 0 Å². The van der Waals surface area contributed by atoms with E-state index in [2.05, 4.69) is 27.8 Å². The summed E-state index contributed by atoms with van der Waals surface area (Å²) in [7, 11) is 0. The molecule has 1 aliphatic rings. The Bertz CT molecular complexity index is 1280. The first-order valence-electron chi connectivity index (χ1n) is 12.7. The number of benzene rings is 2. The van der Waals surface area contributed by atoms with Gasteiger partial charge in [0.15, 0.2) is 0 Å². The molecule has 0 radical (unpaired) electrons. The molecular formula is C29H34FN5O3. The van der Waals surface area contributed by atoms with Gasteiger partial charge in [-0.3, -0.25) is 4.79 Å². The van der Waals surface area contributed by atoms with Gasteiger partial charge in [-0.25, -0.2) is 14.2 Å². The maximum absolute atomic E-state index is 13.5. The minimum atomic E-state index is -0.604. The number of nitrogens with two attached hydrogens (primary N) is 1. The second-order valence-corrected chi connectivity index (χ2v) is 10.5. The van der Waals surface area contributed by atoms with Crippen molar-refractivity contribution in [2.45, 2.75) is 51.7 Å². The van der Waals surface area contributed by atoms with E-state index in [4.69, 9.17) is 10.5 Å². The first-order valence-corrected chi connectivity index (χ1v) is 12.7. The van der Waals surface area contributed by atoms with Gasteiger partial charge < -0.3 is 26.0 Å². The number of nitrogens with one attached hydrogen (secondary N) is 2. The van der Waals surface area contributed by atoms with Crippen LogP contribution in [-0.2, 0) is 11.3 Å². The van der Waals surface area contributed by atoms with Crippen LogP contribution in [0.25, 0.3) is 0 Å². The van der Waals surface area contributed by atoms with E-state index >= 15 is 0 Å². The average molecular weight is 520 g/mol. The van der Waals surface area contributed by atoms with Crippen LogP contribution in [0, 0.1) is 5.82 Å². The number of primary amides is 1. The lowest BCUT2D eigenvalue weighted by Crippen LogP contribution is -2.41. The molecule has 0 bridgehead atoms. The molecule has 0 aliphatic carbocycles. The number of halogens is 1. The van der Waals surface area contributed by atoms with Gasteiger partial charge in [0.1, 0.15) is 17.2 Å². The zero-order valence-electron chi connectivity index (χ0n) is 22.0. The van der Waals surface area contributed by atoms with Crippen molar-refractivity contribution in [1.29, 1.82) is 0 Å². The number of amides is 2. The smallest absolute Gasteiger partial charge is 0.410 e. The Hall–Kier alpha value is -4.14. The first kappa shape index (κ1) is 26.9. The number of carbonyl (C=O) groups is 2. The predicted molar refractivity (Wildman–Crippen MR) is 146 cm³/mol. The van der Waals surface area contributed by atoms with Gasteiger partial charge in [-0.15, -0.1) is 0 Å². The fourth-order valence-corrected chi connectivity index (χ4v) is 4.42. The summed E-state index contributed by atoms with van der Waals surface area (Å²) in [4.78, 5) is 30.3. The lowest BCUT2D eigenvalue weighted by atomic mass is 9.89. The fraction of sp³-hybridized carbons (Fsp3) is 0.345. The summed E-state index contributed by atoms with van der Waals surface area (Å²) in [6.07, 6.45) is 2.92. The summed E-state index contributed by atoms with van der Waals surface area (Å²) >= 11 is 0. The van der Waals surface area contributed by atoms with Gasteiger partial charge in [-0.1, -0.05) is 24.3 Å². The van der Waals surface area contributed by atoms with Gasteiger partial charge in [0, 0.05) is 37.6 Å². The summed E-state index contributed by atoms with van der Waals surface area (Å²) in [5, 5.41) is 6.41. The minimum Gasteiger partial charge on any atom is -0.444 e. The zero-order valence-corrected chi connectivity index (χ0v) is 22.0. The van der Waals surface area contributed by atoms with Crippen LogP contribution in [0.15, 0.2) is 60.8 Å². The largest absolute Gasteiger partial charge is 0.444 e. The van der Waals surface area contributed by atoms with Crippen molar-refractivity contribution in [2.24, 2.45) is 5.73 Å². The lowest BCUT2D eigenvalue weighted by Gasteiger charge is -2.33. The molecule has 0 saturated carbocycles. The highest BCUT2D eigenvalue weighted by Gasteiger charge is 2.27. The maximum Gasteiger partial charge on any atom is 0.410 e. The predicted octanol–water partition coefficient (Wildman–Crippen LogP) is 5.79. The van der Waals surface area contributed by atoms with Crippen molar-refractivity contribution >= 4 is 29.2 Å². The molecule has 2 amide bonds. The maximum atomic E-state index is 13.5. The Morgan fingerprint density at radius 3 is 2.45 bits per heavy atom. The van der Waals surface area contributed by atoms with E-state index in [-0.39, 0.29) is 17.5 Å². The van der Waals surface area contributed by atoms with Gasteiger partial charge in [-0.05, 0) is 74.9 Å². The number of hydrogen-bond donors (Lipinski definition) is 3. The van der Waals surface area contributed by atoms with Gasteiger partial charge in [0.25, 0.3) is 5.91 Å². The molecule has 1 aromatic heterocycles. The number of aromatic nitrogens is 1. The third-order valence-corrected chi connectivity index (χ3v) is 6.34. The molecule has 4 rings (SSSR count). The molecule has 2 aromatic carbocycles. The van der Waals surface area contributed by atoms with Gasteiger partial charge >= 0.3 is 6.09 Å². The number of nitrogens with zero attached hydrogens (tertiary/aromatic N) is 2. The first-order chi connectivity index (χ1) is 18.1. The van der Waals surface area contributed by atoms with Crippen LogP contribution < -0.4 is 16.4 Å². The highest BCUT2D eigenvalue weighted by molar-refractivity contribution is 5.98. The summed E-state index contributed by atoms with van der Waals surface area (Å²) < 4.78 is 19.0. The topological polar surface area (TPSA) is 110 Å². The van der Waals surface area contributed by atoms with Crippen LogP contribution in [-0.4, -0.2) is 40.6 Å². The van der Waals surface area contributed by atoms with Crippen LogP contribution in [0.2, 0.25) is 0 Å². The van der Waals surface area contributed by atoms with Crippen molar-refractivity contribution in [2.75, 3.05) is 23.7 Å². The summed E-state index contributed by atoms with van der Waals surface area (Å²) in [6, 6.07) is 16.1. The van der Waals surface area contributed by atoms with E-state index in [0.717, 1.165) is 24.1 Å². The molecule has 9 heteroatoms. The third-order valence-electron chi connectivity index (χ3n) is 6.34. The molecule has 1 fully saturated rings. The molecule has 1 aliphatic heterocycles. The molecule has 2 heterocycles. The standard InChI is InChI=1S/C29H34FN5O3/c1-29(2,3)38-28(37)35-13-11-21(12-14-35)20-7-9-23(10-8-20)34-26-16-25(24(18-33-26)27(31)36)32-17-19-5-4-6-22(30)15-19/h4-10,15-16,18,21H,11-14,17H2,1-3H3,(H2,31,36)(H2,32,33,34). The third kappa shape index (κ3) is 7.21. The molecule has 0 unspecified atom stereocenters. The molecule has 38 heavy (non-hydrogen) atoms. The number of anilines is 3. The molecule has 0 spiro atoms. The molecule has 200 valence electrons. The quantitative estimate of drug-likeness (QED) is 0.365. The monoisotopic (exact) mass is 519 g/mol. The molecule has 1 saturated heterocycles. The number of carbonyl (C=O) groups excluding carboxylic acids is 2. The number of piperidine rings is 1. The Balaban J connectivity index is 1.37. The Kier molecular flexibility index (Phi) is 8.14. The number of pyridine rings is 1. The van der Waals surface area contributed by atoms with Crippen LogP contribution in [0.5, 0.6) is 0 Å². The number of rotatable bonds is 7. The highest BCUT2D eigenvalue weighted by Crippen LogP contribution is 2.30. The van der Waals surface area contributed by atoms with Crippen molar-refractivity contribution in [3.8, 4) is 0 Å². The Morgan fingerprint density at radius 1 is 1.11 bits per heavy atom. The van der Waals surface area contributed by atoms with Gasteiger partial charge in [0.05, 0.1) is 11.3 Å². The van der Waals surface area contributed by atoms with Crippen molar-refractivity contribution < 1.29 is 18.7 Å². The second-order valence-electron chi connectivity index (χ2n) is 10.5. The zero-order chi connectivity index (χ0) is 27.3. The molecule has 3 aromatic rings. The minimum absolute atomic E-state index is 0.250. The fourth-order valence-electron chi connectivity index (χ4n) is 4.42. The molecule has 8 nitrogen and oxygen atoms in total. The van der Waals surface area contributed by atoms with E-state index in [1.165, 1.54) is 23.9 Å². The SMILES string of the molecule is CC(C)(C)OC(=O)N1CCC(c2ccc(Nc3cc(NCc4cccc(F)c4)c(C(N)=O)cn3)cc2)CC1. The van der Waals surface area contributed by atoms with E-state index in [9.17, 15) is 14.0 Å². The van der Waals surface area contributed by atoms with Crippen LogP contribution in [0.1, 0.15) is 61.0 Å². The van der Waals surface area contributed by atoms with E-state index in [0.29, 0.717) is 37.1 Å². The highest BCUT2D eigenvalue weighted by atomic mass is 19.1.